The first kappa shape index (κ1) is 39.5. The fourth-order valence-corrected chi connectivity index (χ4v) is 6.37. The zero-order valence-electron chi connectivity index (χ0n) is 31.4. The van der Waals surface area contributed by atoms with E-state index in [1.807, 2.05) is 5.38 Å². The molecule has 4 N–H and O–H groups in total. The van der Waals surface area contributed by atoms with Crippen molar-refractivity contribution in [1.29, 1.82) is 0 Å². The van der Waals surface area contributed by atoms with Gasteiger partial charge in [0.1, 0.15) is 16.7 Å². The third-order valence-corrected chi connectivity index (χ3v) is 9.51. The molecule has 54 heavy (non-hydrogen) atoms. The summed E-state index contributed by atoms with van der Waals surface area (Å²) in [6, 6.07) is 12.3. The molecular weight excluding hydrogens is 711 g/mol. The van der Waals surface area contributed by atoms with Gasteiger partial charge in [0.2, 0.25) is 17.8 Å². The number of hydrogen-bond donors (Lipinski definition) is 4. The van der Waals surface area contributed by atoms with Crippen molar-refractivity contribution < 1.29 is 33.5 Å². The molecule has 0 saturated carbocycles. The molecule has 0 saturated heterocycles. The number of fused-ring (bicyclic) bond motifs is 2. The molecule has 5 rings (SSSR count). The van der Waals surface area contributed by atoms with E-state index in [-0.39, 0.29) is 61.4 Å². The molecule has 14 nitrogen and oxygen atoms in total. The number of thiophene rings is 1. The van der Waals surface area contributed by atoms with Crippen LogP contribution in [-0.2, 0) is 25.7 Å². The number of nitrogens with zero attached hydrogens (tertiary/aromatic N) is 3. The lowest BCUT2D eigenvalue weighted by atomic mass is 9.95. The minimum absolute atomic E-state index is 0.0867. The fourth-order valence-electron chi connectivity index (χ4n) is 5.43. The van der Waals surface area contributed by atoms with Crippen molar-refractivity contribution in [2.24, 2.45) is 10.8 Å². The molecule has 0 aliphatic carbocycles. The summed E-state index contributed by atoms with van der Waals surface area (Å²) in [4.78, 5) is 88.0. The standard InChI is InChI=1S/C39H45N7O7S/c1-8-53-34(50)27(14-11-19-46-32(48)25-12-9-10-13-26(25)33(46)49)41-30(47)22-15-17-24(18-16-22)40-20-23-21-54-31-28(23)29(42-35(51)38(2,3)4)43-37(44-31)45-36(52)39(5,6)7/h9-10,12-13,15-18,21,27,40H,8,11,14,19-20H2,1-7H3,(H,41,47)(H2,42,43,44,45,51,52)/t27-/m0/s1. The van der Waals surface area contributed by atoms with Crippen LogP contribution in [0.2, 0.25) is 0 Å². The van der Waals surface area contributed by atoms with Crippen LogP contribution in [0.25, 0.3) is 10.2 Å². The zero-order valence-corrected chi connectivity index (χ0v) is 32.2. The summed E-state index contributed by atoms with van der Waals surface area (Å²) in [7, 11) is 0. The van der Waals surface area contributed by atoms with Crippen LogP contribution in [0.4, 0.5) is 17.5 Å². The van der Waals surface area contributed by atoms with Crippen LogP contribution in [0.15, 0.2) is 53.9 Å². The molecule has 1 aliphatic rings. The van der Waals surface area contributed by atoms with Crippen molar-refractivity contribution in [3.05, 3.63) is 76.2 Å². The lowest BCUT2D eigenvalue weighted by Crippen LogP contribution is -2.42. The molecule has 284 valence electrons. The lowest BCUT2D eigenvalue weighted by molar-refractivity contribution is -0.145. The molecule has 0 spiro atoms. The average molecular weight is 756 g/mol. The molecule has 0 fully saturated rings. The summed E-state index contributed by atoms with van der Waals surface area (Å²) in [5.41, 5.74) is 1.13. The third-order valence-electron chi connectivity index (χ3n) is 8.59. The predicted molar refractivity (Wildman–Crippen MR) is 206 cm³/mol. The van der Waals surface area contributed by atoms with Gasteiger partial charge >= 0.3 is 5.97 Å². The Morgan fingerprint density at radius 3 is 2.06 bits per heavy atom. The van der Waals surface area contributed by atoms with E-state index in [4.69, 9.17) is 4.74 Å². The highest BCUT2D eigenvalue weighted by Crippen LogP contribution is 2.33. The van der Waals surface area contributed by atoms with Crippen LogP contribution in [0.3, 0.4) is 0 Å². The monoisotopic (exact) mass is 755 g/mol. The molecule has 5 amide bonds. The molecule has 0 unspecified atom stereocenters. The quantitative estimate of drug-likeness (QED) is 0.0929. The van der Waals surface area contributed by atoms with Gasteiger partial charge in [-0.05, 0) is 67.1 Å². The number of imide groups is 1. The number of carbonyl (C=O) groups is 6. The predicted octanol–water partition coefficient (Wildman–Crippen LogP) is 6.01. The minimum Gasteiger partial charge on any atom is -0.464 e. The summed E-state index contributed by atoms with van der Waals surface area (Å²) >= 11 is 1.35. The maximum atomic E-state index is 13.3. The van der Waals surface area contributed by atoms with E-state index >= 15 is 0 Å². The SMILES string of the molecule is CCOC(=O)[C@H](CCCN1C(=O)c2ccccc2C1=O)NC(=O)c1ccc(NCc2csc3nc(NC(=O)C(C)(C)C)nc(NC(=O)C(C)(C)C)c23)cc1. The molecule has 0 bridgehead atoms. The maximum Gasteiger partial charge on any atom is 0.328 e. The average Bonchev–Trinajstić information content (AvgIpc) is 3.63. The Morgan fingerprint density at radius 1 is 0.852 bits per heavy atom. The van der Waals surface area contributed by atoms with Gasteiger partial charge in [0.25, 0.3) is 17.7 Å². The molecule has 2 aromatic heterocycles. The number of benzene rings is 2. The molecule has 4 aromatic rings. The van der Waals surface area contributed by atoms with Crippen molar-refractivity contribution in [3.63, 3.8) is 0 Å². The second kappa shape index (κ2) is 16.1. The van der Waals surface area contributed by atoms with E-state index in [1.165, 1.54) is 11.3 Å². The molecule has 2 aromatic carbocycles. The topological polar surface area (TPSA) is 189 Å². The van der Waals surface area contributed by atoms with E-state index < -0.39 is 28.7 Å². The summed E-state index contributed by atoms with van der Waals surface area (Å²) < 4.78 is 5.20. The molecule has 3 heterocycles. The minimum atomic E-state index is -0.991. The van der Waals surface area contributed by atoms with Gasteiger partial charge in [0.05, 0.1) is 23.1 Å². The largest absolute Gasteiger partial charge is 0.464 e. The Hall–Kier alpha value is -5.70. The van der Waals surface area contributed by atoms with Crippen molar-refractivity contribution >= 4 is 74.5 Å². The third kappa shape index (κ3) is 9.08. The van der Waals surface area contributed by atoms with Crippen LogP contribution >= 0.6 is 11.3 Å². The van der Waals surface area contributed by atoms with Gasteiger partial charge in [0, 0.05) is 35.2 Å². The molecule has 1 atom stereocenters. The normalized spacial score (nSPS) is 13.4. The van der Waals surface area contributed by atoms with E-state index in [9.17, 15) is 28.8 Å². The van der Waals surface area contributed by atoms with Gasteiger partial charge in [-0.1, -0.05) is 53.7 Å². The van der Waals surface area contributed by atoms with Crippen molar-refractivity contribution in [2.45, 2.75) is 73.9 Å². The highest BCUT2D eigenvalue weighted by Gasteiger charge is 2.35. The van der Waals surface area contributed by atoms with Crippen molar-refractivity contribution in [1.82, 2.24) is 20.2 Å². The number of rotatable bonds is 13. The van der Waals surface area contributed by atoms with Crippen molar-refractivity contribution in [2.75, 3.05) is 29.1 Å². The zero-order chi connectivity index (χ0) is 39.4. The number of nitrogens with one attached hydrogen (secondary N) is 4. The summed E-state index contributed by atoms with van der Waals surface area (Å²) in [6.07, 6.45) is 0.424. The number of amides is 5. The fraction of sp³-hybridized carbons (Fsp3) is 0.385. The van der Waals surface area contributed by atoms with Gasteiger partial charge in [-0.15, -0.1) is 11.3 Å². The molecule has 0 radical (unpaired) electrons. The Balaban J connectivity index is 1.24. The first-order valence-corrected chi connectivity index (χ1v) is 18.5. The van der Waals surface area contributed by atoms with E-state index in [0.717, 1.165) is 10.5 Å². The Labute approximate surface area is 317 Å². The second-order valence-corrected chi connectivity index (χ2v) is 15.8. The van der Waals surface area contributed by atoms with E-state index in [0.29, 0.717) is 39.1 Å². The van der Waals surface area contributed by atoms with Crippen LogP contribution < -0.4 is 21.3 Å². The van der Waals surface area contributed by atoms with Crippen LogP contribution in [0.1, 0.15) is 97.9 Å². The summed E-state index contributed by atoms with van der Waals surface area (Å²) in [6.45, 7) is 12.9. The number of ether oxygens (including phenoxy) is 1. The number of esters is 1. The highest BCUT2D eigenvalue weighted by molar-refractivity contribution is 7.17. The van der Waals surface area contributed by atoms with Crippen molar-refractivity contribution in [3.8, 4) is 0 Å². The van der Waals surface area contributed by atoms with Gasteiger partial charge in [-0.2, -0.15) is 4.98 Å². The van der Waals surface area contributed by atoms with E-state index in [2.05, 4.69) is 31.2 Å². The summed E-state index contributed by atoms with van der Waals surface area (Å²) in [5, 5.41) is 14.3. The van der Waals surface area contributed by atoms with Gasteiger partial charge in [-0.25, -0.2) is 9.78 Å². The Bertz CT molecular complexity index is 2060. The Kier molecular flexibility index (Phi) is 11.8. The summed E-state index contributed by atoms with van der Waals surface area (Å²) in [5.74, 6) is -2.00. The number of anilines is 3. The molecule has 15 heteroatoms. The first-order valence-electron chi connectivity index (χ1n) is 17.7. The van der Waals surface area contributed by atoms with E-state index in [1.54, 1.807) is 97.0 Å². The number of hydrogen-bond acceptors (Lipinski definition) is 11. The highest BCUT2D eigenvalue weighted by atomic mass is 32.1. The first-order chi connectivity index (χ1) is 25.5. The van der Waals surface area contributed by atoms with Crippen LogP contribution in [-0.4, -0.2) is 69.6 Å². The lowest BCUT2D eigenvalue weighted by Gasteiger charge is -2.20. The molecular formula is C39H45N7O7S. The number of aromatic nitrogens is 2. The van der Waals surface area contributed by atoms with Gasteiger partial charge in [-0.3, -0.25) is 34.2 Å². The van der Waals surface area contributed by atoms with Crippen LogP contribution in [0.5, 0.6) is 0 Å². The Morgan fingerprint density at radius 2 is 1.46 bits per heavy atom. The van der Waals surface area contributed by atoms with Crippen LogP contribution in [0, 0.1) is 10.8 Å². The van der Waals surface area contributed by atoms with Gasteiger partial charge in [0.15, 0.2) is 0 Å². The maximum absolute atomic E-state index is 13.3. The number of carbonyl (C=O) groups excluding carboxylic acids is 6. The smallest absolute Gasteiger partial charge is 0.328 e. The van der Waals surface area contributed by atoms with Gasteiger partial charge < -0.3 is 20.7 Å². The molecule has 1 aliphatic heterocycles. The second-order valence-electron chi connectivity index (χ2n) is 14.9.